The number of anilines is 1. The molecule has 5 heteroatoms. The van der Waals surface area contributed by atoms with Crippen LogP contribution in [0, 0.1) is 6.92 Å². The van der Waals surface area contributed by atoms with Crippen LogP contribution in [-0.2, 0) is 4.79 Å². The molecule has 2 aromatic rings. The van der Waals surface area contributed by atoms with Crippen LogP contribution >= 0.6 is 23.5 Å². The average molecular weight is 359 g/mol. The van der Waals surface area contributed by atoms with Gasteiger partial charge in [0.1, 0.15) is 0 Å². The zero-order valence-electron chi connectivity index (χ0n) is 13.7. The van der Waals surface area contributed by atoms with E-state index >= 15 is 0 Å². The topological polar surface area (TPSA) is 41.1 Å². The number of hydrogen-bond acceptors (Lipinski definition) is 4. The molecular formula is C19H22N2OS2. The molecule has 1 atom stereocenters. The fourth-order valence-electron chi connectivity index (χ4n) is 2.64. The summed E-state index contributed by atoms with van der Waals surface area (Å²) in [5.74, 6) is 2.23. The first kappa shape index (κ1) is 17.4. The summed E-state index contributed by atoms with van der Waals surface area (Å²) >= 11 is 3.64. The highest BCUT2D eigenvalue weighted by atomic mass is 32.2. The van der Waals surface area contributed by atoms with E-state index < -0.39 is 0 Å². The minimum atomic E-state index is 0.0848. The predicted octanol–water partition coefficient (Wildman–Crippen LogP) is 4.18. The molecule has 2 N–H and O–H groups in total. The maximum atomic E-state index is 12.2. The molecule has 0 aliphatic carbocycles. The molecule has 1 unspecified atom stereocenters. The first-order chi connectivity index (χ1) is 11.7. The lowest BCUT2D eigenvalue weighted by Crippen LogP contribution is -2.39. The number of aryl methyl sites for hydroxylation is 1. The summed E-state index contributed by atoms with van der Waals surface area (Å²) in [6.07, 6.45) is 0.535. The lowest BCUT2D eigenvalue weighted by molar-refractivity contribution is -0.116. The zero-order chi connectivity index (χ0) is 16.8. The Morgan fingerprint density at radius 3 is 2.79 bits per heavy atom. The monoisotopic (exact) mass is 358 g/mol. The summed E-state index contributed by atoms with van der Waals surface area (Å²) in [4.78, 5) is 14.6. The van der Waals surface area contributed by atoms with E-state index in [2.05, 4.69) is 34.9 Å². The number of rotatable bonds is 5. The van der Waals surface area contributed by atoms with Crippen LogP contribution in [0.1, 0.15) is 12.0 Å². The molecule has 1 aliphatic heterocycles. The summed E-state index contributed by atoms with van der Waals surface area (Å²) in [5.41, 5.74) is 2.00. The van der Waals surface area contributed by atoms with Crippen molar-refractivity contribution in [3.8, 4) is 0 Å². The number of amides is 1. The van der Waals surface area contributed by atoms with Crippen LogP contribution in [0.15, 0.2) is 58.3 Å². The Hall–Kier alpha value is -1.43. The normalized spacial score (nSPS) is 17.5. The van der Waals surface area contributed by atoms with Crippen LogP contribution in [0.4, 0.5) is 5.69 Å². The third kappa shape index (κ3) is 5.03. The van der Waals surface area contributed by atoms with Crippen molar-refractivity contribution in [2.24, 2.45) is 0 Å². The van der Waals surface area contributed by atoms with E-state index in [0.717, 1.165) is 29.3 Å². The quantitative estimate of drug-likeness (QED) is 0.841. The number of hydrogen-bond donors (Lipinski definition) is 2. The van der Waals surface area contributed by atoms with Crippen molar-refractivity contribution in [1.29, 1.82) is 0 Å². The maximum absolute atomic E-state index is 12.2. The van der Waals surface area contributed by atoms with Gasteiger partial charge in [0.2, 0.25) is 5.91 Å². The number of nitrogens with one attached hydrogen (secondary N) is 2. The van der Waals surface area contributed by atoms with Gasteiger partial charge < -0.3 is 10.6 Å². The van der Waals surface area contributed by atoms with E-state index in [0.29, 0.717) is 6.42 Å². The zero-order valence-corrected chi connectivity index (χ0v) is 15.4. The summed E-state index contributed by atoms with van der Waals surface area (Å²) < 4.78 is 0. The number of benzene rings is 2. The number of carbonyl (C=O) groups excluding carboxylic acids is 1. The molecule has 1 heterocycles. The van der Waals surface area contributed by atoms with Gasteiger partial charge in [0.25, 0.3) is 0 Å². The standard InChI is InChI=1S/C19H22N2OS2/c1-14-11-17(24-16-5-3-2-4-6-16)7-8-18(14)21-19(22)12-15-13-23-10-9-20-15/h2-8,11,15,20H,9-10,12-13H2,1H3,(H,21,22). The SMILES string of the molecule is Cc1cc(Sc2ccccc2)ccc1NC(=O)CC1CSCCN1. The fraction of sp³-hybridized carbons (Fsp3) is 0.316. The molecule has 1 amide bonds. The van der Waals surface area contributed by atoms with Crippen molar-refractivity contribution in [2.45, 2.75) is 29.2 Å². The molecular weight excluding hydrogens is 336 g/mol. The van der Waals surface area contributed by atoms with E-state index in [-0.39, 0.29) is 11.9 Å². The van der Waals surface area contributed by atoms with Crippen molar-refractivity contribution in [3.63, 3.8) is 0 Å². The Kier molecular flexibility index (Phi) is 6.24. The van der Waals surface area contributed by atoms with Gasteiger partial charge in [-0.2, -0.15) is 11.8 Å². The molecule has 2 aromatic carbocycles. The fourth-order valence-corrected chi connectivity index (χ4v) is 4.53. The highest BCUT2D eigenvalue weighted by Crippen LogP contribution is 2.30. The second-order valence-electron chi connectivity index (χ2n) is 5.87. The van der Waals surface area contributed by atoms with Crippen LogP contribution in [0.25, 0.3) is 0 Å². The molecule has 0 spiro atoms. The second-order valence-corrected chi connectivity index (χ2v) is 8.17. The molecule has 1 aliphatic rings. The predicted molar refractivity (Wildman–Crippen MR) is 104 cm³/mol. The van der Waals surface area contributed by atoms with Crippen LogP contribution in [0.2, 0.25) is 0 Å². The van der Waals surface area contributed by atoms with Crippen LogP contribution < -0.4 is 10.6 Å². The summed E-state index contributed by atoms with van der Waals surface area (Å²) in [5, 5.41) is 6.45. The molecule has 0 saturated carbocycles. The van der Waals surface area contributed by atoms with Crippen molar-refractivity contribution in [3.05, 3.63) is 54.1 Å². The van der Waals surface area contributed by atoms with Crippen LogP contribution in [0.3, 0.4) is 0 Å². The Labute approximate surface area is 152 Å². The van der Waals surface area contributed by atoms with Crippen molar-refractivity contribution in [2.75, 3.05) is 23.4 Å². The molecule has 3 rings (SSSR count). The maximum Gasteiger partial charge on any atom is 0.225 e. The molecule has 0 bridgehead atoms. The minimum Gasteiger partial charge on any atom is -0.326 e. The van der Waals surface area contributed by atoms with E-state index in [4.69, 9.17) is 0 Å². The van der Waals surface area contributed by atoms with E-state index in [1.54, 1.807) is 11.8 Å². The smallest absolute Gasteiger partial charge is 0.225 e. The highest BCUT2D eigenvalue weighted by Gasteiger charge is 2.17. The van der Waals surface area contributed by atoms with Crippen LogP contribution in [0.5, 0.6) is 0 Å². The van der Waals surface area contributed by atoms with Gasteiger partial charge in [-0.3, -0.25) is 4.79 Å². The molecule has 126 valence electrons. The van der Waals surface area contributed by atoms with Gasteiger partial charge >= 0.3 is 0 Å². The molecule has 24 heavy (non-hydrogen) atoms. The first-order valence-electron chi connectivity index (χ1n) is 8.15. The van der Waals surface area contributed by atoms with Gasteiger partial charge in [-0.25, -0.2) is 0 Å². The van der Waals surface area contributed by atoms with Crippen molar-refractivity contribution < 1.29 is 4.79 Å². The van der Waals surface area contributed by atoms with Gasteiger partial charge in [-0.1, -0.05) is 30.0 Å². The minimum absolute atomic E-state index is 0.0848. The lowest BCUT2D eigenvalue weighted by Gasteiger charge is -2.22. The van der Waals surface area contributed by atoms with Gasteiger partial charge in [0.15, 0.2) is 0 Å². The Balaban J connectivity index is 1.59. The summed E-state index contributed by atoms with van der Waals surface area (Å²) in [7, 11) is 0. The first-order valence-corrected chi connectivity index (χ1v) is 10.1. The van der Waals surface area contributed by atoms with Gasteiger partial charge in [-0.05, 0) is 42.8 Å². The van der Waals surface area contributed by atoms with Crippen molar-refractivity contribution >= 4 is 35.1 Å². The van der Waals surface area contributed by atoms with E-state index in [1.165, 1.54) is 9.79 Å². The lowest BCUT2D eigenvalue weighted by atomic mass is 10.1. The summed E-state index contributed by atoms with van der Waals surface area (Å²) in [6, 6.07) is 16.8. The molecule has 3 nitrogen and oxygen atoms in total. The molecule has 1 saturated heterocycles. The van der Waals surface area contributed by atoms with Gasteiger partial charge in [0.05, 0.1) is 0 Å². The van der Waals surface area contributed by atoms with E-state index in [9.17, 15) is 4.79 Å². The highest BCUT2D eigenvalue weighted by molar-refractivity contribution is 7.99. The Morgan fingerprint density at radius 2 is 2.08 bits per heavy atom. The molecule has 0 radical (unpaired) electrons. The largest absolute Gasteiger partial charge is 0.326 e. The van der Waals surface area contributed by atoms with Gasteiger partial charge in [-0.15, -0.1) is 0 Å². The third-order valence-electron chi connectivity index (χ3n) is 3.88. The molecule has 0 aromatic heterocycles. The van der Waals surface area contributed by atoms with Crippen LogP contribution in [-0.4, -0.2) is 30.0 Å². The Bertz CT molecular complexity index is 685. The van der Waals surface area contributed by atoms with Crippen molar-refractivity contribution in [1.82, 2.24) is 5.32 Å². The number of thioether (sulfide) groups is 1. The van der Waals surface area contributed by atoms with E-state index in [1.807, 2.05) is 43.0 Å². The third-order valence-corrected chi connectivity index (χ3v) is 6.01. The second kappa shape index (κ2) is 8.60. The average Bonchev–Trinajstić information content (AvgIpc) is 2.59. The van der Waals surface area contributed by atoms with Gasteiger partial charge in [0, 0.05) is 46.0 Å². The molecule has 1 fully saturated rings. The summed E-state index contributed by atoms with van der Waals surface area (Å²) in [6.45, 7) is 3.03. The number of carbonyl (C=O) groups is 1. The Morgan fingerprint density at radius 1 is 1.25 bits per heavy atom.